The van der Waals surface area contributed by atoms with Crippen LogP contribution < -0.4 is 24.6 Å². The number of amides is 3. The summed E-state index contributed by atoms with van der Waals surface area (Å²) in [5.41, 5.74) is 0.802. The van der Waals surface area contributed by atoms with Crippen molar-refractivity contribution in [1.82, 2.24) is 10.2 Å². The van der Waals surface area contributed by atoms with E-state index in [1.807, 2.05) is 35.2 Å². The van der Waals surface area contributed by atoms with Gasteiger partial charge in [-0.1, -0.05) is 18.2 Å². The molecule has 3 amide bonds. The number of hydrogen-bond acceptors (Lipinski definition) is 7. The number of carbonyl (C=O) groups excluding carboxylic acids is 3. The second-order valence-electron chi connectivity index (χ2n) is 8.85. The number of nitrogens with zero attached hydrogens (tertiary/aromatic N) is 3. The van der Waals surface area contributed by atoms with Gasteiger partial charge in [-0.05, 0) is 25.0 Å². The predicted octanol–water partition coefficient (Wildman–Crippen LogP) is 1.76. The summed E-state index contributed by atoms with van der Waals surface area (Å²) < 4.78 is 10.6. The highest BCUT2D eigenvalue weighted by Gasteiger charge is 2.52. The lowest BCUT2D eigenvalue weighted by Crippen LogP contribution is -2.58. The average molecular weight is 465 g/mol. The summed E-state index contributed by atoms with van der Waals surface area (Å²) in [5, 5.41) is 2.99. The molecule has 0 bridgehead atoms. The fraction of sp³-hybridized carbons (Fsp3) is 0.400. The second-order valence-corrected chi connectivity index (χ2v) is 8.85. The van der Waals surface area contributed by atoms with Crippen LogP contribution in [0.1, 0.15) is 19.3 Å². The van der Waals surface area contributed by atoms with Crippen LogP contribution in [0.3, 0.4) is 0 Å². The first-order valence-corrected chi connectivity index (χ1v) is 11.4. The fourth-order valence-electron chi connectivity index (χ4n) is 5.33. The fourth-order valence-corrected chi connectivity index (χ4v) is 5.33. The first kappa shape index (κ1) is 22.2. The third-order valence-electron chi connectivity index (χ3n) is 7.19. The van der Waals surface area contributed by atoms with Gasteiger partial charge in [-0.15, -0.1) is 0 Å². The highest BCUT2D eigenvalue weighted by molar-refractivity contribution is 6.22. The summed E-state index contributed by atoms with van der Waals surface area (Å²) in [7, 11) is 3.05. The summed E-state index contributed by atoms with van der Waals surface area (Å²) >= 11 is 0. The van der Waals surface area contributed by atoms with E-state index < -0.39 is 11.6 Å². The van der Waals surface area contributed by atoms with Gasteiger partial charge in [0.1, 0.15) is 17.0 Å². The van der Waals surface area contributed by atoms with E-state index >= 15 is 0 Å². The number of likely N-dealkylation sites (tertiary alicyclic amines) is 1. The maximum absolute atomic E-state index is 13.4. The second kappa shape index (κ2) is 8.64. The maximum atomic E-state index is 13.4. The Labute approximate surface area is 198 Å². The lowest BCUT2D eigenvalue weighted by atomic mass is 9.85. The lowest BCUT2D eigenvalue weighted by molar-refractivity contribution is -0.126. The Bertz CT molecular complexity index is 1090. The van der Waals surface area contributed by atoms with Gasteiger partial charge in [0, 0.05) is 37.0 Å². The zero-order chi connectivity index (χ0) is 23.9. The molecule has 3 aliphatic rings. The summed E-state index contributed by atoms with van der Waals surface area (Å²) in [6, 6.07) is 14.4. The molecule has 3 fully saturated rings. The van der Waals surface area contributed by atoms with Gasteiger partial charge in [0.2, 0.25) is 11.8 Å². The Morgan fingerprint density at radius 1 is 0.912 bits per heavy atom. The normalized spacial score (nSPS) is 22.4. The largest absolute Gasteiger partial charge is 0.497 e. The first-order chi connectivity index (χ1) is 16.5. The average Bonchev–Trinajstić information content (AvgIpc) is 3.35. The quantitative estimate of drug-likeness (QED) is 0.675. The SMILES string of the molecule is COc1cc(OC)cc(N2C(=O)C[C@H](N3CCC4(CC3)C(=O)NCN4c3ccccc3)C2=O)c1. The number of para-hydroxylation sites is 1. The molecule has 5 rings (SSSR count). The summed E-state index contributed by atoms with van der Waals surface area (Å²) in [6.45, 7) is 1.57. The van der Waals surface area contributed by atoms with Crippen molar-refractivity contribution < 1.29 is 23.9 Å². The van der Waals surface area contributed by atoms with Crippen LogP contribution in [-0.4, -0.2) is 68.2 Å². The Hall–Kier alpha value is -3.59. The van der Waals surface area contributed by atoms with E-state index in [9.17, 15) is 14.4 Å². The molecular formula is C25H28N4O5. The van der Waals surface area contributed by atoms with Crippen LogP contribution in [0, 0.1) is 0 Å². The number of anilines is 2. The van der Waals surface area contributed by atoms with Crippen LogP contribution in [0.15, 0.2) is 48.5 Å². The Balaban J connectivity index is 1.34. The van der Waals surface area contributed by atoms with Crippen molar-refractivity contribution in [1.29, 1.82) is 0 Å². The highest BCUT2D eigenvalue weighted by Crippen LogP contribution is 2.38. The molecule has 0 unspecified atom stereocenters. The molecule has 2 aromatic carbocycles. The van der Waals surface area contributed by atoms with Crippen LogP contribution in [0.2, 0.25) is 0 Å². The topological polar surface area (TPSA) is 91.4 Å². The minimum absolute atomic E-state index is 0.0231. The van der Waals surface area contributed by atoms with Gasteiger partial charge in [0.15, 0.2) is 0 Å². The van der Waals surface area contributed by atoms with Crippen molar-refractivity contribution in [3.8, 4) is 11.5 Å². The van der Waals surface area contributed by atoms with Crippen molar-refractivity contribution in [2.75, 3.05) is 43.8 Å². The number of rotatable bonds is 5. The molecular weight excluding hydrogens is 436 g/mol. The Kier molecular flexibility index (Phi) is 5.65. The van der Waals surface area contributed by atoms with Crippen molar-refractivity contribution in [3.63, 3.8) is 0 Å². The van der Waals surface area contributed by atoms with Crippen molar-refractivity contribution in [2.45, 2.75) is 30.8 Å². The van der Waals surface area contributed by atoms with Crippen LogP contribution in [-0.2, 0) is 14.4 Å². The molecule has 0 aromatic heterocycles. The first-order valence-electron chi connectivity index (χ1n) is 11.4. The number of nitrogens with one attached hydrogen (secondary N) is 1. The molecule has 178 valence electrons. The smallest absolute Gasteiger partial charge is 0.251 e. The molecule has 9 heteroatoms. The monoisotopic (exact) mass is 464 g/mol. The molecule has 3 aliphatic heterocycles. The number of hydrogen-bond donors (Lipinski definition) is 1. The number of ether oxygens (including phenoxy) is 2. The van der Waals surface area contributed by atoms with E-state index in [0.29, 0.717) is 49.8 Å². The molecule has 34 heavy (non-hydrogen) atoms. The van der Waals surface area contributed by atoms with Gasteiger partial charge in [0.05, 0.1) is 39.0 Å². The molecule has 3 saturated heterocycles. The molecule has 0 radical (unpaired) electrons. The van der Waals surface area contributed by atoms with Crippen molar-refractivity contribution in [2.24, 2.45) is 0 Å². The third kappa shape index (κ3) is 3.56. The number of carbonyl (C=O) groups is 3. The lowest BCUT2D eigenvalue weighted by Gasteiger charge is -2.44. The van der Waals surface area contributed by atoms with Gasteiger partial charge in [0.25, 0.3) is 5.91 Å². The molecule has 0 aliphatic carbocycles. The van der Waals surface area contributed by atoms with Gasteiger partial charge < -0.3 is 19.7 Å². The van der Waals surface area contributed by atoms with E-state index in [2.05, 4.69) is 10.2 Å². The van der Waals surface area contributed by atoms with Crippen LogP contribution in [0.5, 0.6) is 11.5 Å². The zero-order valence-corrected chi connectivity index (χ0v) is 19.3. The predicted molar refractivity (Wildman–Crippen MR) is 126 cm³/mol. The molecule has 1 atom stereocenters. The number of methoxy groups -OCH3 is 2. The molecule has 9 nitrogen and oxygen atoms in total. The Morgan fingerprint density at radius 2 is 1.56 bits per heavy atom. The molecule has 2 aromatic rings. The van der Waals surface area contributed by atoms with Crippen molar-refractivity contribution in [3.05, 3.63) is 48.5 Å². The Morgan fingerprint density at radius 3 is 2.18 bits per heavy atom. The molecule has 3 heterocycles. The standard InChI is InChI=1S/C25H28N4O5/c1-33-19-12-18(13-20(14-19)34-2)29-22(30)15-21(23(29)31)27-10-8-25(9-11-27)24(32)26-16-28(25)17-6-4-3-5-7-17/h3-7,12-14,21H,8-11,15-16H2,1-2H3,(H,26,32)/t21-/m0/s1. The van der Waals surface area contributed by atoms with Crippen LogP contribution >= 0.6 is 0 Å². The molecule has 1 N–H and O–H groups in total. The molecule has 0 saturated carbocycles. The highest BCUT2D eigenvalue weighted by atomic mass is 16.5. The van der Waals surface area contributed by atoms with E-state index in [1.54, 1.807) is 18.2 Å². The van der Waals surface area contributed by atoms with E-state index in [4.69, 9.17) is 9.47 Å². The number of benzene rings is 2. The third-order valence-corrected chi connectivity index (χ3v) is 7.19. The number of piperidine rings is 1. The van der Waals surface area contributed by atoms with Crippen LogP contribution in [0.4, 0.5) is 11.4 Å². The van der Waals surface area contributed by atoms with Crippen LogP contribution in [0.25, 0.3) is 0 Å². The van der Waals surface area contributed by atoms with Crippen molar-refractivity contribution >= 4 is 29.1 Å². The summed E-state index contributed by atoms with van der Waals surface area (Å²) in [5.74, 6) is 0.523. The zero-order valence-electron chi connectivity index (χ0n) is 19.3. The van der Waals surface area contributed by atoms with Gasteiger partial charge in [-0.2, -0.15) is 0 Å². The maximum Gasteiger partial charge on any atom is 0.251 e. The van der Waals surface area contributed by atoms with E-state index in [-0.39, 0.29) is 24.1 Å². The molecule has 1 spiro atoms. The number of imide groups is 1. The van der Waals surface area contributed by atoms with E-state index in [1.165, 1.54) is 19.1 Å². The summed E-state index contributed by atoms with van der Waals surface area (Å²) in [4.78, 5) is 44.6. The summed E-state index contributed by atoms with van der Waals surface area (Å²) in [6.07, 6.45) is 1.28. The van der Waals surface area contributed by atoms with Gasteiger partial charge >= 0.3 is 0 Å². The van der Waals surface area contributed by atoms with Gasteiger partial charge in [-0.3, -0.25) is 19.3 Å². The minimum Gasteiger partial charge on any atom is -0.497 e. The minimum atomic E-state index is -0.636. The van der Waals surface area contributed by atoms with E-state index in [0.717, 1.165) is 5.69 Å². The van der Waals surface area contributed by atoms with Gasteiger partial charge in [-0.25, -0.2) is 4.90 Å².